The molecule has 0 bridgehead atoms. The van der Waals surface area contributed by atoms with Gasteiger partial charge in [-0.2, -0.15) is 13.2 Å². The van der Waals surface area contributed by atoms with E-state index >= 15 is 0 Å². The highest BCUT2D eigenvalue weighted by molar-refractivity contribution is 7.93. The van der Waals surface area contributed by atoms with Gasteiger partial charge in [-0.25, -0.2) is 16.8 Å². The van der Waals surface area contributed by atoms with E-state index in [9.17, 15) is 30.0 Å². The van der Waals surface area contributed by atoms with Gasteiger partial charge in [0.2, 0.25) is 10.0 Å². The van der Waals surface area contributed by atoms with Crippen LogP contribution in [0, 0.1) is 20.8 Å². The minimum absolute atomic E-state index is 0.0509. The Hall–Kier alpha value is -2.27. The molecule has 154 valence electrons. The first-order valence-electron chi connectivity index (χ1n) is 7.90. The summed E-state index contributed by atoms with van der Waals surface area (Å²) in [6.07, 6.45) is -3.59. The van der Waals surface area contributed by atoms with Gasteiger partial charge in [0.15, 0.2) is 0 Å². The molecular formula is C17H19F3N2O4S2. The highest BCUT2D eigenvalue weighted by Gasteiger charge is 2.30. The van der Waals surface area contributed by atoms with Crippen LogP contribution in [0.2, 0.25) is 0 Å². The van der Waals surface area contributed by atoms with Crippen molar-refractivity contribution in [1.29, 1.82) is 0 Å². The van der Waals surface area contributed by atoms with Gasteiger partial charge in [0.05, 0.1) is 22.4 Å². The Balaban J connectivity index is 2.49. The van der Waals surface area contributed by atoms with E-state index < -0.39 is 31.8 Å². The third-order valence-corrected chi connectivity index (χ3v) is 6.17. The zero-order valence-corrected chi connectivity index (χ0v) is 17.1. The lowest BCUT2D eigenvalue weighted by atomic mass is 10.1. The van der Waals surface area contributed by atoms with E-state index in [1.54, 1.807) is 13.8 Å². The van der Waals surface area contributed by atoms with Crippen LogP contribution in [0.1, 0.15) is 22.3 Å². The molecule has 2 aromatic rings. The van der Waals surface area contributed by atoms with Crippen molar-refractivity contribution >= 4 is 31.4 Å². The SMILES string of the molecule is Cc1cc(C)c(S(=O)(=O)Nc2ccc(C(F)(F)F)cc2)c(C)c1NS(C)(=O)=O. The normalized spacial score (nSPS) is 12.7. The zero-order chi connectivity index (χ0) is 21.5. The molecule has 2 aromatic carbocycles. The molecule has 0 spiro atoms. The Morgan fingerprint density at radius 2 is 1.39 bits per heavy atom. The van der Waals surface area contributed by atoms with Gasteiger partial charge < -0.3 is 0 Å². The van der Waals surface area contributed by atoms with E-state index in [-0.39, 0.29) is 21.8 Å². The number of alkyl halides is 3. The van der Waals surface area contributed by atoms with E-state index in [0.717, 1.165) is 30.5 Å². The third-order valence-electron chi connectivity index (χ3n) is 3.92. The minimum atomic E-state index is -4.53. The van der Waals surface area contributed by atoms with Crippen molar-refractivity contribution in [3.05, 3.63) is 52.6 Å². The zero-order valence-electron chi connectivity index (χ0n) is 15.5. The van der Waals surface area contributed by atoms with E-state index in [1.165, 1.54) is 13.0 Å². The van der Waals surface area contributed by atoms with Crippen molar-refractivity contribution in [3.63, 3.8) is 0 Å². The predicted octanol–water partition coefficient (Wildman–Crippen LogP) is 3.80. The van der Waals surface area contributed by atoms with Crippen LogP contribution in [-0.4, -0.2) is 23.1 Å². The van der Waals surface area contributed by atoms with Crippen LogP contribution in [0.4, 0.5) is 24.5 Å². The number of nitrogens with one attached hydrogen (secondary N) is 2. The van der Waals surface area contributed by atoms with Crippen molar-refractivity contribution in [3.8, 4) is 0 Å². The Bertz CT molecular complexity index is 1110. The Kier molecular flexibility index (Phi) is 5.73. The van der Waals surface area contributed by atoms with Crippen molar-refractivity contribution < 1.29 is 30.0 Å². The second kappa shape index (κ2) is 7.28. The molecule has 0 heterocycles. The van der Waals surface area contributed by atoms with Crippen LogP contribution in [0.25, 0.3) is 0 Å². The number of hydrogen-bond donors (Lipinski definition) is 2. The molecule has 0 aliphatic heterocycles. The van der Waals surface area contributed by atoms with Crippen molar-refractivity contribution in [1.82, 2.24) is 0 Å². The van der Waals surface area contributed by atoms with Crippen molar-refractivity contribution in [2.45, 2.75) is 31.8 Å². The first kappa shape index (κ1) is 22.0. The maximum atomic E-state index is 12.8. The van der Waals surface area contributed by atoms with Crippen LogP contribution in [0.5, 0.6) is 0 Å². The van der Waals surface area contributed by atoms with Crippen molar-refractivity contribution in [2.75, 3.05) is 15.7 Å². The fourth-order valence-electron chi connectivity index (χ4n) is 2.86. The smallest absolute Gasteiger partial charge is 0.283 e. The number of halogens is 3. The lowest BCUT2D eigenvalue weighted by Gasteiger charge is -2.19. The molecule has 0 unspecified atom stereocenters. The van der Waals surface area contributed by atoms with Crippen LogP contribution in [0.3, 0.4) is 0 Å². The van der Waals surface area contributed by atoms with Crippen molar-refractivity contribution in [2.24, 2.45) is 0 Å². The van der Waals surface area contributed by atoms with Gasteiger partial charge in [-0.15, -0.1) is 0 Å². The molecule has 0 atom stereocenters. The topological polar surface area (TPSA) is 92.3 Å². The molecule has 6 nitrogen and oxygen atoms in total. The second-order valence-corrected chi connectivity index (χ2v) is 9.76. The van der Waals surface area contributed by atoms with Gasteiger partial charge in [-0.3, -0.25) is 9.44 Å². The summed E-state index contributed by atoms with van der Waals surface area (Å²) in [6.45, 7) is 4.63. The van der Waals surface area contributed by atoms with Crippen LogP contribution in [-0.2, 0) is 26.2 Å². The summed E-state index contributed by atoms with van der Waals surface area (Å²) in [7, 11) is -7.83. The summed E-state index contributed by atoms with van der Waals surface area (Å²) in [5, 5.41) is 0. The third kappa shape index (κ3) is 4.96. The molecule has 2 N–H and O–H groups in total. The molecular weight excluding hydrogens is 417 g/mol. The fraction of sp³-hybridized carbons (Fsp3) is 0.294. The van der Waals surface area contributed by atoms with Crippen LogP contribution >= 0.6 is 0 Å². The molecule has 0 fully saturated rings. The largest absolute Gasteiger partial charge is 0.416 e. The maximum absolute atomic E-state index is 12.8. The maximum Gasteiger partial charge on any atom is 0.416 e. The summed E-state index contributed by atoms with van der Waals surface area (Å²) >= 11 is 0. The highest BCUT2D eigenvalue weighted by Crippen LogP contribution is 2.33. The standard InChI is InChI=1S/C17H19F3N2O4S2/c1-10-9-11(2)16(12(3)15(10)22-27(4,23)24)28(25,26)21-14-7-5-13(6-8-14)17(18,19)20/h5-9,21-22H,1-4H3. The van der Waals surface area contributed by atoms with Gasteiger partial charge in [0, 0.05) is 5.69 Å². The van der Waals surface area contributed by atoms with Gasteiger partial charge in [0.25, 0.3) is 10.0 Å². The minimum Gasteiger partial charge on any atom is -0.283 e. The molecule has 0 radical (unpaired) electrons. The molecule has 0 saturated carbocycles. The molecule has 0 aliphatic rings. The van der Waals surface area contributed by atoms with Gasteiger partial charge in [0.1, 0.15) is 0 Å². The highest BCUT2D eigenvalue weighted by atomic mass is 32.2. The van der Waals surface area contributed by atoms with Crippen LogP contribution in [0.15, 0.2) is 35.2 Å². The van der Waals surface area contributed by atoms with Gasteiger partial charge >= 0.3 is 6.18 Å². The summed E-state index contributed by atoms with van der Waals surface area (Å²) < 4.78 is 91.3. The monoisotopic (exact) mass is 436 g/mol. The second-order valence-electron chi connectivity index (χ2n) is 6.39. The quantitative estimate of drug-likeness (QED) is 0.746. The average molecular weight is 436 g/mol. The van der Waals surface area contributed by atoms with E-state index in [4.69, 9.17) is 0 Å². The van der Waals surface area contributed by atoms with Gasteiger partial charge in [-0.05, 0) is 61.7 Å². The molecule has 2 rings (SSSR count). The first-order chi connectivity index (χ1) is 12.6. The number of aryl methyl sites for hydroxylation is 2. The summed E-state index contributed by atoms with van der Waals surface area (Å²) in [5.41, 5.74) is 0.272. The predicted molar refractivity (Wildman–Crippen MR) is 101 cm³/mol. The molecule has 0 aliphatic carbocycles. The number of sulfonamides is 2. The molecule has 0 amide bonds. The number of benzene rings is 2. The number of hydrogen-bond acceptors (Lipinski definition) is 4. The number of rotatable bonds is 5. The molecule has 0 saturated heterocycles. The van der Waals surface area contributed by atoms with E-state index in [1.807, 2.05) is 0 Å². The summed E-state index contributed by atoms with van der Waals surface area (Å²) in [6, 6.07) is 5.07. The summed E-state index contributed by atoms with van der Waals surface area (Å²) in [5.74, 6) is 0. The van der Waals surface area contributed by atoms with Crippen LogP contribution < -0.4 is 9.44 Å². The van der Waals surface area contributed by atoms with Gasteiger partial charge in [-0.1, -0.05) is 6.07 Å². The number of anilines is 2. The van der Waals surface area contributed by atoms with E-state index in [2.05, 4.69) is 9.44 Å². The molecule has 0 aromatic heterocycles. The Morgan fingerprint density at radius 3 is 1.86 bits per heavy atom. The first-order valence-corrected chi connectivity index (χ1v) is 11.3. The Labute approximate surface area is 161 Å². The average Bonchev–Trinajstić information content (AvgIpc) is 2.49. The molecule has 11 heteroatoms. The lowest BCUT2D eigenvalue weighted by molar-refractivity contribution is -0.137. The Morgan fingerprint density at radius 1 is 0.857 bits per heavy atom. The molecule has 28 heavy (non-hydrogen) atoms. The lowest BCUT2D eigenvalue weighted by Crippen LogP contribution is -2.19. The van der Waals surface area contributed by atoms with E-state index in [0.29, 0.717) is 11.1 Å². The fourth-order valence-corrected chi connectivity index (χ4v) is 5.08. The summed E-state index contributed by atoms with van der Waals surface area (Å²) in [4.78, 5) is -0.149.